The van der Waals surface area contributed by atoms with Gasteiger partial charge in [0.05, 0.1) is 4.90 Å². The van der Waals surface area contributed by atoms with E-state index in [0.717, 1.165) is 38.8 Å². The average Bonchev–Trinajstić information content (AvgIpc) is 2.84. The molecule has 3 aliphatic heterocycles. The zero-order chi connectivity index (χ0) is 22.7. The molecule has 3 aliphatic rings. The van der Waals surface area contributed by atoms with E-state index in [9.17, 15) is 18.0 Å². The maximum absolute atomic E-state index is 13.1. The Morgan fingerprint density at radius 2 is 1.59 bits per heavy atom. The first kappa shape index (κ1) is 23.2. The van der Waals surface area contributed by atoms with Crippen molar-refractivity contribution in [1.29, 1.82) is 0 Å². The Morgan fingerprint density at radius 1 is 0.875 bits per heavy atom. The van der Waals surface area contributed by atoms with E-state index in [2.05, 4.69) is 6.92 Å². The summed E-state index contributed by atoms with van der Waals surface area (Å²) in [6, 6.07) is 6.42. The van der Waals surface area contributed by atoms with Crippen LogP contribution in [0.5, 0.6) is 0 Å². The molecule has 7 nitrogen and oxygen atoms in total. The SMILES string of the molecule is CC1CCCN(C(=O)C2CCN(C(=O)c3cccc(S(=O)(=O)N4CCCCC4)c3)CC2)C1. The van der Waals surface area contributed by atoms with E-state index < -0.39 is 10.0 Å². The summed E-state index contributed by atoms with van der Waals surface area (Å²) in [6.45, 7) is 6.02. The molecule has 0 N–H and O–H groups in total. The molecule has 0 bridgehead atoms. The molecule has 3 fully saturated rings. The Morgan fingerprint density at radius 3 is 2.28 bits per heavy atom. The van der Waals surface area contributed by atoms with Crippen LogP contribution in [0, 0.1) is 11.8 Å². The summed E-state index contributed by atoms with van der Waals surface area (Å²) < 4.78 is 27.5. The van der Waals surface area contributed by atoms with Crippen LogP contribution in [0.15, 0.2) is 29.2 Å². The van der Waals surface area contributed by atoms with Crippen molar-refractivity contribution in [3.05, 3.63) is 29.8 Å². The van der Waals surface area contributed by atoms with E-state index in [-0.39, 0.29) is 22.6 Å². The Hall–Kier alpha value is -1.93. The number of nitrogens with zero attached hydrogens (tertiary/aromatic N) is 3. The number of hydrogen-bond acceptors (Lipinski definition) is 4. The van der Waals surface area contributed by atoms with Gasteiger partial charge in [-0.15, -0.1) is 0 Å². The van der Waals surface area contributed by atoms with Gasteiger partial charge in [-0.1, -0.05) is 19.4 Å². The summed E-state index contributed by atoms with van der Waals surface area (Å²) in [5.74, 6) is 0.620. The summed E-state index contributed by atoms with van der Waals surface area (Å²) in [4.78, 5) is 30.0. The highest BCUT2D eigenvalue weighted by molar-refractivity contribution is 7.89. The minimum atomic E-state index is -3.57. The molecule has 0 saturated carbocycles. The zero-order valence-corrected chi connectivity index (χ0v) is 19.9. The van der Waals surface area contributed by atoms with Crippen molar-refractivity contribution in [2.24, 2.45) is 11.8 Å². The fourth-order valence-electron chi connectivity index (χ4n) is 5.20. The number of amides is 2. The number of likely N-dealkylation sites (tertiary alicyclic amines) is 2. The van der Waals surface area contributed by atoms with E-state index >= 15 is 0 Å². The fourth-order valence-corrected chi connectivity index (χ4v) is 6.77. The molecule has 0 aliphatic carbocycles. The topological polar surface area (TPSA) is 78.0 Å². The molecule has 1 atom stereocenters. The highest BCUT2D eigenvalue weighted by atomic mass is 32.2. The molecule has 176 valence electrons. The number of carbonyl (C=O) groups is 2. The van der Waals surface area contributed by atoms with Gasteiger partial charge in [0, 0.05) is 50.7 Å². The molecule has 2 amide bonds. The van der Waals surface area contributed by atoms with E-state index in [1.807, 2.05) is 4.90 Å². The second-order valence-electron chi connectivity index (χ2n) is 9.59. The van der Waals surface area contributed by atoms with Gasteiger partial charge in [0.2, 0.25) is 15.9 Å². The van der Waals surface area contributed by atoms with Crippen molar-refractivity contribution in [3.63, 3.8) is 0 Å². The van der Waals surface area contributed by atoms with Crippen LogP contribution in [-0.2, 0) is 14.8 Å². The maximum atomic E-state index is 13.1. The third-order valence-electron chi connectivity index (χ3n) is 7.13. The molecule has 3 heterocycles. The van der Waals surface area contributed by atoms with Gasteiger partial charge in [-0.25, -0.2) is 8.42 Å². The lowest BCUT2D eigenvalue weighted by Gasteiger charge is -2.37. The lowest BCUT2D eigenvalue weighted by molar-refractivity contribution is -0.138. The second kappa shape index (κ2) is 9.91. The quantitative estimate of drug-likeness (QED) is 0.691. The minimum Gasteiger partial charge on any atom is -0.342 e. The Kier molecular flexibility index (Phi) is 7.20. The van der Waals surface area contributed by atoms with Gasteiger partial charge < -0.3 is 9.80 Å². The van der Waals surface area contributed by atoms with Gasteiger partial charge in [0.15, 0.2) is 0 Å². The molecule has 1 aromatic carbocycles. The van der Waals surface area contributed by atoms with Crippen molar-refractivity contribution < 1.29 is 18.0 Å². The Bertz CT molecular complexity index is 934. The van der Waals surface area contributed by atoms with Crippen LogP contribution in [-0.4, -0.2) is 73.6 Å². The van der Waals surface area contributed by atoms with Crippen LogP contribution in [0.1, 0.15) is 62.2 Å². The molecule has 1 aromatic rings. The predicted octanol–water partition coefficient (Wildman–Crippen LogP) is 2.97. The van der Waals surface area contributed by atoms with E-state index in [4.69, 9.17) is 0 Å². The molecule has 0 spiro atoms. The summed E-state index contributed by atoms with van der Waals surface area (Å²) >= 11 is 0. The van der Waals surface area contributed by atoms with Gasteiger partial charge in [0.25, 0.3) is 5.91 Å². The molecule has 8 heteroatoms. The molecule has 3 saturated heterocycles. The molecule has 4 rings (SSSR count). The Balaban J connectivity index is 1.38. The van der Waals surface area contributed by atoms with Gasteiger partial charge in [-0.3, -0.25) is 9.59 Å². The summed E-state index contributed by atoms with van der Waals surface area (Å²) in [5, 5.41) is 0. The molecule has 0 radical (unpaired) electrons. The largest absolute Gasteiger partial charge is 0.342 e. The van der Waals surface area contributed by atoms with Crippen LogP contribution in [0.3, 0.4) is 0 Å². The number of hydrogen-bond donors (Lipinski definition) is 0. The zero-order valence-electron chi connectivity index (χ0n) is 19.0. The third-order valence-corrected chi connectivity index (χ3v) is 9.03. The van der Waals surface area contributed by atoms with Crippen LogP contribution in [0.2, 0.25) is 0 Å². The first-order valence-electron chi connectivity index (χ1n) is 12.0. The number of piperidine rings is 3. The second-order valence-corrected chi connectivity index (χ2v) is 11.5. The lowest BCUT2D eigenvalue weighted by atomic mass is 9.92. The van der Waals surface area contributed by atoms with Gasteiger partial charge in [-0.05, 0) is 62.6 Å². The van der Waals surface area contributed by atoms with Crippen LogP contribution in [0.4, 0.5) is 0 Å². The van der Waals surface area contributed by atoms with Gasteiger partial charge >= 0.3 is 0 Å². The van der Waals surface area contributed by atoms with Crippen molar-refractivity contribution in [1.82, 2.24) is 14.1 Å². The van der Waals surface area contributed by atoms with Crippen LogP contribution >= 0.6 is 0 Å². The minimum absolute atomic E-state index is 0.0184. The van der Waals surface area contributed by atoms with E-state index in [1.54, 1.807) is 23.1 Å². The highest BCUT2D eigenvalue weighted by Gasteiger charge is 2.32. The number of rotatable bonds is 4. The Labute approximate surface area is 191 Å². The molecular formula is C24H35N3O4S. The van der Waals surface area contributed by atoms with E-state index in [0.29, 0.717) is 50.5 Å². The van der Waals surface area contributed by atoms with Crippen molar-refractivity contribution in [2.75, 3.05) is 39.3 Å². The van der Waals surface area contributed by atoms with Crippen LogP contribution < -0.4 is 0 Å². The molecule has 1 unspecified atom stereocenters. The van der Waals surface area contributed by atoms with Gasteiger partial charge in [-0.2, -0.15) is 4.31 Å². The number of carbonyl (C=O) groups excluding carboxylic acids is 2. The summed E-state index contributed by atoms with van der Waals surface area (Å²) in [6.07, 6.45) is 6.40. The predicted molar refractivity (Wildman–Crippen MR) is 123 cm³/mol. The number of benzene rings is 1. The van der Waals surface area contributed by atoms with Crippen molar-refractivity contribution >= 4 is 21.8 Å². The smallest absolute Gasteiger partial charge is 0.253 e. The molecule has 0 aromatic heterocycles. The van der Waals surface area contributed by atoms with Crippen molar-refractivity contribution in [3.8, 4) is 0 Å². The van der Waals surface area contributed by atoms with Gasteiger partial charge in [0.1, 0.15) is 0 Å². The molecular weight excluding hydrogens is 426 g/mol. The maximum Gasteiger partial charge on any atom is 0.253 e. The highest BCUT2D eigenvalue weighted by Crippen LogP contribution is 2.26. The standard InChI is InChI=1S/C24H35N3O4S/c1-19-7-6-12-26(18-19)23(28)20-10-15-25(16-11-20)24(29)21-8-5-9-22(17-21)32(30,31)27-13-3-2-4-14-27/h5,8-9,17,19-20H,2-4,6-7,10-16,18H2,1H3. The lowest BCUT2D eigenvalue weighted by Crippen LogP contribution is -2.47. The summed E-state index contributed by atoms with van der Waals surface area (Å²) in [5.41, 5.74) is 0.401. The molecule has 32 heavy (non-hydrogen) atoms. The van der Waals surface area contributed by atoms with Crippen molar-refractivity contribution in [2.45, 2.75) is 56.8 Å². The third kappa shape index (κ3) is 5.01. The average molecular weight is 462 g/mol. The first-order valence-corrected chi connectivity index (χ1v) is 13.5. The fraction of sp³-hybridized carbons (Fsp3) is 0.667. The summed E-state index contributed by atoms with van der Waals surface area (Å²) in [7, 11) is -3.57. The van der Waals surface area contributed by atoms with Crippen LogP contribution in [0.25, 0.3) is 0 Å². The number of sulfonamides is 1. The van der Waals surface area contributed by atoms with E-state index in [1.165, 1.54) is 16.8 Å². The normalized spacial score (nSPS) is 23.8. The first-order chi connectivity index (χ1) is 15.4. The monoisotopic (exact) mass is 461 g/mol.